The molecule has 0 unspecified atom stereocenters. The maximum atomic E-state index is 5.41. The minimum Gasteiger partial charge on any atom is -0.244 e. The van der Waals surface area contributed by atoms with Gasteiger partial charge in [-0.1, -0.05) is 129 Å². The molecule has 0 radical (unpaired) electrons. The molecule has 0 spiro atoms. The van der Waals surface area contributed by atoms with Crippen molar-refractivity contribution in [2.75, 3.05) is 0 Å². The Bertz CT molecular complexity index is 2090. The van der Waals surface area contributed by atoms with E-state index in [2.05, 4.69) is 129 Å². The Kier molecular flexibility index (Phi) is 4.60. The minimum atomic E-state index is -0.0857. The third-order valence-corrected chi connectivity index (χ3v) is 8.44. The lowest BCUT2D eigenvalue weighted by Gasteiger charge is -2.24. The Morgan fingerprint density at radius 1 is 0.487 bits per heavy atom. The SMILES string of the molecule is CC1(C)c2ccccc2-c2ccc3c(-c4nc5c(ccc6ccccc65)nc4-c4ccccc4)cccc3c21. The summed E-state index contributed by atoms with van der Waals surface area (Å²) >= 11 is 0. The molecular weight excluding hydrogens is 472 g/mol. The topological polar surface area (TPSA) is 25.8 Å². The van der Waals surface area contributed by atoms with Gasteiger partial charge in [0, 0.05) is 21.9 Å². The lowest BCUT2D eigenvalue weighted by Crippen LogP contribution is -2.15. The van der Waals surface area contributed by atoms with E-state index in [1.165, 1.54) is 38.4 Å². The van der Waals surface area contributed by atoms with E-state index < -0.39 is 0 Å². The van der Waals surface area contributed by atoms with Crippen LogP contribution in [-0.2, 0) is 5.41 Å². The highest BCUT2D eigenvalue weighted by molar-refractivity contribution is 6.08. The predicted molar refractivity (Wildman–Crippen MR) is 163 cm³/mol. The van der Waals surface area contributed by atoms with Gasteiger partial charge in [0.15, 0.2) is 0 Å². The van der Waals surface area contributed by atoms with E-state index >= 15 is 0 Å². The van der Waals surface area contributed by atoms with Gasteiger partial charge >= 0.3 is 0 Å². The molecular formula is C37H26N2. The van der Waals surface area contributed by atoms with Gasteiger partial charge in [-0.25, -0.2) is 9.97 Å². The fraction of sp³-hybridized carbons (Fsp3) is 0.0811. The number of benzene rings is 6. The summed E-state index contributed by atoms with van der Waals surface area (Å²) in [6, 6.07) is 43.2. The Morgan fingerprint density at radius 3 is 2.13 bits per heavy atom. The van der Waals surface area contributed by atoms with Crippen molar-refractivity contribution in [3.05, 3.63) is 132 Å². The van der Waals surface area contributed by atoms with Gasteiger partial charge in [0.1, 0.15) is 0 Å². The highest BCUT2D eigenvalue weighted by atomic mass is 14.8. The van der Waals surface area contributed by atoms with Crippen molar-refractivity contribution in [2.45, 2.75) is 19.3 Å². The maximum Gasteiger partial charge on any atom is 0.0979 e. The van der Waals surface area contributed by atoms with Crippen LogP contribution in [0.1, 0.15) is 25.0 Å². The van der Waals surface area contributed by atoms with Crippen molar-refractivity contribution in [1.29, 1.82) is 0 Å². The summed E-state index contributed by atoms with van der Waals surface area (Å²) < 4.78 is 0. The number of rotatable bonds is 2. The van der Waals surface area contributed by atoms with Gasteiger partial charge in [-0.05, 0) is 44.5 Å². The quantitative estimate of drug-likeness (QED) is 0.222. The van der Waals surface area contributed by atoms with E-state index in [4.69, 9.17) is 9.97 Å². The zero-order chi connectivity index (χ0) is 26.1. The third kappa shape index (κ3) is 3.15. The molecule has 1 aromatic heterocycles. The number of aromatic nitrogens is 2. The molecule has 0 saturated heterocycles. The molecule has 1 aliphatic carbocycles. The Labute approximate surface area is 227 Å². The average Bonchev–Trinajstić information content (AvgIpc) is 3.23. The summed E-state index contributed by atoms with van der Waals surface area (Å²) in [6.45, 7) is 4.70. The zero-order valence-corrected chi connectivity index (χ0v) is 21.9. The van der Waals surface area contributed by atoms with Crippen LogP contribution in [0.25, 0.3) is 66.2 Å². The van der Waals surface area contributed by atoms with Gasteiger partial charge in [-0.15, -0.1) is 0 Å². The van der Waals surface area contributed by atoms with Crippen molar-refractivity contribution in [1.82, 2.24) is 9.97 Å². The van der Waals surface area contributed by atoms with Crippen LogP contribution in [0.15, 0.2) is 121 Å². The van der Waals surface area contributed by atoms with Crippen LogP contribution in [-0.4, -0.2) is 9.97 Å². The smallest absolute Gasteiger partial charge is 0.0979 e. The average molecular weight is 499 g/mol. The van der Waals surface area contributed by atoms with E-state index in [-0.39, 0.29) is 5.41 Å². The largest absolute Gasteiger partial charge is 0.244 e. The Balaban J connectivity index is 1.47. The van der Waals surface area contributed by atoms with Crippen molar-refractivity contribution in [3.8, 4) is 33.6 Å². The molecule has 0 amide bonds. The summed E-state index contributed by atoms with van der Waals surface area (Å²) in [7, 11) is 0. The molecule has 6 aromatic carbocycles. The summed E-state index contributed by atoms with van der Waals surface area (Å²) in [4.78, 5) is 10.7. The molecule has 39 heavy (non-hydrogen) atoms. The molecule has 8 rings (SSSR count). The van der Waals surface area contributed by atoms with E-state index in [0.717, 1.165) is 38.9 Å². The highest BCUT2D eigenvalue weighted by Gasteiger charge is 2.36. The van der Waals surface area contributed by atoms with Crippen LogP contribution >= 0.6 is 0 Å². The Morgan fingerprint density at radius 2 is 1.23 bits per heavy atom. The van der Waals surface area contributed by atoms with Gasteiger partial charge in [0.05, 0.1) is 22.4 Å². The van der Waals surface area contributed by atoms with E-state index in [1.54, 1.807) is 0 Å². The third-order valence-electron chi connectivity index (χ3n) is 8.44. The second kappa shape index (κ2) is 8.09. The van der Waals surface area contributed by atoms with E-state index in [0.29, 0.717) is 0 Å². The van der Waals surface area contributed by atoms with Crippen molar-refractivity contribution in [3.63, 3.8) is 0 Å². The van der Waals surface area contributed by atoms with Crippen molar-refractivity contribution < 1.29 is 0 Å². The summed E-state index contributed by atoms with van der Waals surface area (Å²) in [5.41, 5.74) is 11.2. The molecule has 1 heterocycles. The molecule has 0 atom stereocenters. The minimum absolute atomic E-state index is 0.0857. The first-order valence-electron chi connectivity index (χ1n) is 13.5. The van der Waals surface area contributed by atoms with Gasteiger partial charge in [-0.2, -0.15) is 0 Å². The van der Waals surface area contributed by atoms with E-state index in [9.17, 15) is 0 Å². The molecule has 0 saturated carbocycles. The molecule has 7 aromatic rings. The van der Waals surface area contributed by atoms with Crippen LogP contribution in [0.3, 0.4) is 0 Å². The van der Waals surface area contributed by atoms with E-state index in [1.807, 2.05) is 6.07 Å². The van der Waals surface area contributed by atoms with Crippen LogP contribution in [0.5, 0.6) is 0 Å². The second-order valence-corrected chi connectivity index (χ2v) is 11.0. The zero-order valence-electron chi connectivity index (χ0n) is 21.9. The molecule has 2 nitrogen and oxygen atoms in total. The number of hydrogen-bond donors (Lipinski definition) is 0. The van der Waals surface area contributed by atoms with Gasteiger partial charge in [-0.3, -0.25) is 0 Å². The first-order chi connectivity index (χ1) is 19.1. The maximum absolute atomic E-state index is 5.41. The number of fused-ring (bicyclic) bond motifs is 8. The predicted octanol–water partition coefficient (Wildman–Crippen LogP) is 9.58. The second-order valence-electron chi connectivity index (χ2n) is 11.0. The molecule has 0 fully saturated rings. The van der Waals surface area contributed by atoms with Crippen molar-refractivity contribution in [2.24, 2.45) is 0 Å². The van der Waals surface area contributed by atoms with Gasteiger partial charge < -0.3 is 0 Å². The van der Waals surface area contributed by atoms with Gasteiger partial charge in [0.25, 0.3) is 0 Å². The lowest BCUT2D eigenvalue weighted by molar-refractivity contribution is 0.666. The van der Waals surface area contributed by atoms with Crippen LogP contribution < -0.4 is 0 Å². The summed E-state index contributed by atoms with van der Waals surface area (Å²) in [6.07, 6.45) is 0. The standard InChI is InChI=1S/C37H26N2/c1-37(2)31-18-9-8-15-27(31)29-21-20-26-28(33(29)37)16-10-17-30(26)36-34(24-12-4-3-5-13-24)38-32-22-19-23-11-6-7-14-25(23)35(32)39-36/h3-22H,1-2H3. The first-order valence-corrected chi connectivity index (χ1v) is 13.5. The fourth-order valence-electron chi connectivity index (χ4n) is 6.63. The monoisotopic (exact) mass is 498 g/mol. The molecule has 0 aliphatic heterocycles. The molecule has 0 N–H and O–H groups in total. The number of hydrogen-bond acceptors (Lipinski definition) is 2. The molecule has 184 valence electrons. The molecule has 2 heteroatoms. The number of nitrogens with zero attached hydrogens (tertiary/aromatic N) is 2. The fourth-order valence-corrected chi connectivity index (χ4v) is 6.63. The lowest BCUT2D eigenvalue weighted by atomic mass is 9.79. The highest BCUT2D eigenvalue weighted by Crippen LogP contribution is 2.52. The van der Waals surface area contributed by atoms with Crippen molar-refractivity contribution >= 4 is 32.6 Å². The first kappa shape index (κ1) is 22.2. The molecule has 0 bridgehead atoms. The normalized spacial score (nSPS) is 13.6. The van der Waals surface area contributed by atoms with Crippen LogP contribution in [0, 0.1) is 0 Å². The summed E-state index contributed by atoms with van der Waals surface area (Å²) in [5, 5.41) is 4.79. The van der Waals surface area contributed by atoms with Gasteiger partial charge in [0.2, 0.25) is 0 Å². The Hall–Kier alpha value is -4.82. The molecule has 1 aliphatic rings. The van der Waals surface area contributed by atoms with Crippen LogP contribution in [0.2, 0.25) is 0 Å². The van der Waals surface area contributed by atoms with Crippen LogP contribution in [0.4, 0.5) is 0 Å². The summed E-state index contributed by atoms with van der Waals surface area (Å²) in [5.74, 6) is 0.